The molecule has 0 aliphatic carbocycles. The van der Waals surface area contributed by atoms with Gasteiger partial charge in [-0.25, -0.2) is 15.0 Å². The van der Waals surface area contributed by atoms with Crippen LogP contribution in [0.4, 0.5) is 0 Å². The Morgan fingerprint density at radius 1 is 0.267 bits per heavy atom. The molecule has 0 atom stereocenters. The van der Waals surface area contributed by atoms with Crippen molar-refractivity contribution in [3.63, 3.8) is 0 Å². The van der Waals surface area contributed by atoms with Crippen LogP contribution in [0.3, 0.4) is 0 Å². The highest BCUT2D eigenvalue weighted by molar-refractivity contribution is 6.16. The molecule has 0 bridgehead atoms. The van der Waals surface area contributed by atoms with Gasteiger partial charge < -0.3 is 13.4 Å². The molecular weight excluding hydrogens is 917 g/mol. The first-order valence-corrected chi connectivity index (χ1v) is 25.2. The highest BCUT2D eigenvalue weighted by Crippen LogP contribution is 2.45. The van der Waals surface area contributed by atoms with Crippen molar-refractivity contribution in [2.75, 3.05) is 0 Å². The van der Waals surface area contributed by atoms with Gasteiger partial charge in [0, 0.05) is 66.2 Å². The second kappa shape index (κ2) is 17.3. The molecule has 15 rings (SSSR count). The van der Waals surface area contributed by atoms with Gasteiger partial charge >= 0.3 is 0 Å². The fourth-order valence-electron chi connectivity index (χ4n) is 11.1. The molecule has 0 saturated carbocycles. The lowest BCUT2D eigenvalue weighted by atomic mass is 9.95. The molecule has 0 amide bonds. The van der Waals surface area contributed by atoms with Crippen molar-refractivity contribution >= 4 is 65.7 Å². The Labute approximate surface area is 431 Å². The second-order valence-corrected chi connectivity index (χ2v) is 19.1. The summed E-state index contributed by atoms with van der Waals surface area (Å²) in [5, 5.41) is 6.45. The van der Waals surface area contributed by atoms with E-state index >= 15 is 0 Å². The van der Waals surface area contributed by atoms with E-state index in [9.17, 15) is 0 Å². The maximum Gasteiger partial charge on any atom is 0.164 e. The third kappa shape index (κ3) is 7.14. The number of furan rings is 2. The molecule has 0 N–H and O–H groups in total. The molecular formula is C69H42N4O2. The summed E-state index contributed by atoms with van der Waals surface area (Å²) in [6.07, 6.45) is 0. The van der Waals surface area contributed by atoms with Crippen LogP contribution >= 0.6 is 0 Å². The lowest BCUT2D eigenvalue weighted by molar-refractivity contribution is 0.668. The number of hydrogen-bond acceptors (Lipinski definition) is 5. The number of nitrogens with zero attached hydrogens (tertiary/aromatic N) is 4. The highest BCUT2D eigenvalue weighted by Gasteiger charge is 2.23. The van der Waals surface area contributed by atoms with Gasteiger partial charge in [0.25, 0.3) is 0 Å². The van der Waals surface area contributed by atoms with Gasteiger partial charge in [-0.3, -0.25) is 0 Å². The van der Waals surface area contributed by atoms with E-state index in [1.54, 1.807) is 0 Å². The predicted molar refractivity (Wildman–Crippen MR) is 307 cm³/mol. The summed E-state index contributed by atoms with van der Waals surface area (Å²) < 4.78 is 16.0. The van der Waals surface area contributed by atoms with E-state index in [2.05, 4.69) is 199 Å². The number of fused-ring (bicyclic) bond motifs is 9. The van der Waals surface area contributed by atoms with Crippen molar-refractivity contribution in [2.24, 2.45) is 0 Å². The summed E-state index contributed by atoms with van der Waals surface area (Å²) in [4.78, 5) is 15.5. The topological polar surface area (TPSA) is 69.9 Å². The maximum absolute atomic E-state index is 6.96. The zero-order chi connectivity index (χ0) is 49.4. The number of aromatic nitrogens is 4. The van der Waals surface area contributed by atoms with Crippen molar-refractivity contribution in [1.29, 1.82) is 0 Å². The fourth-order valence-corrected chi connectivity index (χ4v) is 11.1. The maximum atomic E-state index is 6.96. The quantitative estimate of drug-likeness (QED) is 0.152. The lowest BCUT2D eigenvalue weighted by Crippen LogP contribution is -2.00. The number of benzene rings is 11. The van der Waals surface area contributed by atoms with E-state index in [-0.39, 0.29) is 0 Å². The molecule has 75 heavy (non-hydrogen) atoms. The van der Waals surface area contributed by atoms with E-state index in [1.165, 1.54) is 21.9 Å². The molecule has 4 aromatic heterocycles. The summed E-state index contributed by atoms with van der Waals surface area (Å²) in [6, 6.07) is 89.3. The average molecular weight is 959 g/mol. The van der Waals surface area contributed by atoms with Gasteiger partial charge in [0.2, 0.25) is 0 Å². The van der Waals surface area contributed by atoms with Crippen molar-refractivity contribution in [3.8, 4) is 84.4 Å². The van der Waals surface area contributed by atoms with Crippen molar-refractivity contribution in [1.82, 2.24) is 19.5 Å². The molecule has 0 radical (unpaired) electrons. The molecule has 6 nitrogen and oxygen atoms in total. The Kier molecular flexibility index (Phi) is 9.78. The molecule has 0 saturated heterocycles. The molecule has 350 valence electrons. The Hall–Kier alpha value is -10.2. The minimum atomic E-state index is 0.572. The summed E-state index contributed by atoms with van der Waals surface area (Å²) >= 11 is 0. The van der Waals surface area contributed by atoms with Crippen molar-refractivity contribution in [3.05, 3.63) is 255 Å². The molecule has 15 aromatic rings. The van der Waals surface area contributed by atoms with Gasteiger partial charge in [0.15, 0.2) is 17.5 Å². The van der Waals surface area contributed by atoms with Gasteiger partial charge in [-0.1, -0.05) is 206 Å². The Morgan fingerprint density at radius 3 is 1.56 bits per heavy atom. The summed E-state index contributed by atoms with van der Waals surface area (Å²) in [5.74, 6) is 1.77. The van der Waals surface area contributed by atoms with Gasteiger partial charge in [0.1, 0.15) is 22.3 Å². The van der Waals surface area contributed by atoms with E-state index in [0.29, 0.717) is 17.5 Å². The van der Waals surface area contributed by atoms with E-state index in [0.717, 1.165) is 111 Å². The van der Waals surface area contributed by atoms with Crippen LogP contribution in [-0.4, -0.2) is 19.5 Å². The van der Waals surface area contributed by atoms with Crippen LogP contribution in [0.15, 0.2) is 264 Å². The predicted octanol–water partition coefficient (Wildman–Crippen LogP) is 18.4. The van der Waals surface area contributed by atoms with E-state index < -0.39 is 0 Å². The van der Waals surface area contributed by atoms with Crippen LogP contribution in [0.25, 0.3) is 150 Å². The van der Waals surface area contributed by atoms with Crippen LogP contribution in [0, 0.1) is 0 Å². The van der Waals surface area contributed by atoms with Crippen LogP contribution in [0.1, 0.15) is 0 Å². The molecule has 4 heterocycles. The van der Waals surface area contributed by atoms with Gasteiger partial charge in [-0.05, 0) is 75.8 Å². The fraction of sp³-hybridized carbons (Fsp3) is 0. The monoisotopic (exact) mass is 958 g/mol. The Morgan fingerprint density at radius 2 is 0.787 bits per heavy atom. The van der Waals surface area contributed by atoms with Gasteiger partial charge in [-0.15, -0.1) is 0 Å². The first-order chi connectivity index (χ1) is 37.2. The first-order valence-electron chi connectivity index (χ1n) is 25.2. The van der Waals surface area contributed by atoms with Gasteiger partial charge in [0.05, 0.1) is 16.7 Å². The molecule has 0 aliphatic heterocycles. The van der Waals surface area contributed by atoms with Crippen molar-refractivity contribution < 1.29 is 8.83 Å². The summed E-state index contributed by atoms with van der Waals surface area (Å²) in [7, 11) is 0. The molecule has 0 spiro atoms. The Bertz CT molecular complexity index is 4690. The third-order valence-electron chi connectivity index (χ3n) is 14.7. The minimum absolute atomic E-state index is 0.572. The van der Waals surface area contributed by atoms with E-state index in [1.807, 2.05) is 60.7 Å². The minimum Gasteiger partial charge on any atom is -0.456 e. The molecule has 0 unspecified atom stereocenters. The largest absolute Gasteiger partial charge is 0.456 e. The lowest BCUT2D eigenvalue weighted by Gasteiger charge is -2.16. The van der Waals surface area contributed by atoms with E-state index in [4.69, 9.17) is 23.8 Å². The normalized spacial score (nSPS) is 11.7. The van der Waals surface area contributed by atoms with Crippen LogP contribution in [0.5, 0.6) is 0 Å². The smallest absolute Gasteiger partial charge is 0.164 e. The Balaban J connectivity index is 0.892. The van der Waals surface area contributed by atoms with Crippen LogP contribution in [0.2, 0.25) is 0 Å². The SMILES string of the molecule is c1ccc(-c2ccc(-c3nc(-c4ccccc4)nc(-c4cccc5oc6c(-c7cccc(-c8cc9c(cc8-n8c%10ccccc%10c%10cc(-c%11ccccc%11)ccc%108)oc8ccccc89)c7)cccc6c45)n3)cc2)cc1. The molecule has 0 fully saturated rings. The van der Waals surface area contributed by atoms with Crippen LogP contribution < -0.4 is 0 Å². The summed E-state index contributed by atoms with van der Waals surface area (Å²) in [5.41, 5.74) is 18.0. The molecule has 11 aromatic carbocycles. The van der Waals surface area contributed by atoms with Crippen molar-refractivity contribution in [2.45, 2.75) is 0 Å². The first kappa shape index (κ1) is 42.5. The zero-order valence-corrected chi connectivity index (χ0v) is 40.4. The van der Waals surface area contributed by atoms with Gasteiger partial charge in [-0.2, -0.15) is 0 Å². The number of rotatable bonds is 8. The highest BCUT2D eigenvalue weighted by atomic mass is 16.3. The summed E-state index contributed by atoms with van der Waals surface area (Å²) in [6.45, 7) is 0. The zero-order valence-electron chi connectivity index (χ0n) is 40.4. The van der Waals surface area contributed by atoms with Crippen LogP contribution in [-0.2, 0) is 0 Å². The number of para-hydroxylation sites is 3. The third-order valence-corrected chi connectivity index (χ3v) is 14.7. The number of hydrogen-bond donors (Lipinski definition) is 0. The molecule has 6 heteroatoms. The second-order valence-electron chi connectivity index (χ2n) is 19.1. The molecule has 0 aliphatic rings. The standard InChI is InChI=1S/C69H42N4O2/c1-4-17-43(18-5-1)45-33-35-47(36-34-45)68-70-67(46-21-8-3-9-22-46)71-69(72-68)55-29-16-32-63-65(55)54-28-15-27-51(66(54)75-63)49-23-14-24-50(39-49)56-41-58-53-26-11-13-31-62(53)74-64(58)42-61(56)73-59-30-12-10-25-52(59)57-40-48(37-38-60(57)73)44-19-6-2-7-20-44/h1-42H. The average Bonchev–Trinajstić information content (AvgIpc) is 4.20.